The lowest BCUT2D eigenvalue weighted by atomic mass is 10.1. The van der Waals surface area contributed by atoms with Crippen LogP contribution in [-0.2, 0) is 14.6 Å². The number of aliphatic imine (C=N–C) groups is 1. The Hall–Kier alpha value is -0.860. The molecule has 2 fully saturated rings. The smallest absolute Gasteiger partial charge is 0.244 e. The first-order valence-electron chi connectivity index (χ1n) is 6.78. The summed E-state index contributed by atoms with van der Waals surface area (Å²) in [6.07, 6.45) is 0. The number of amidine groups is 1. The molecule has 118 valence electrons. The van der Waals surface area contributed by atoms with E-state index in [1.807, 2.05) is 30.0 Å². The summed E-state index contributed by atoms with van der Waals surface area (Å²) >= 11 is 4.85. The molecule has 2 saturated heterocycles. The minimum atomic E-state index is -3.03. The van der Waals surface area contributed by atoms with Crippen LogP contribution in [0.2, 0.25) is 0 Å². The Labute approximate surface area is 142 Å². The van der Waals surface area contributed by atoms with E-state index in [9.17, 15) is 13.2 Å². The fourth-order valence-corrected chi connectivity index (χ4v) is 6.98. The van der Waals surface area contributed by atoms with Crippen LogP contribution in [0.1, 0.15) is 12.5 Å². The van der Waals surface area contributed by atoms with Crippen LogP contribution in [0.25, 0.3) is 0 Å². The maximum Gasteiger partial charge on any atom is 0.244 e. The van der Waals surface area contributed by atoms with Gasteiger partial charge in [0.2, 0.25) is 5.91 Å². The van der Waals surface area contributed by atoms with Crippen molar-refractivity contribution in [1.29, 1.82) is 0 Å². The summed E-state index contributed by atoms with van der Waals surface area (Å²) in [7, 11) is -3.03. The molecular formula is C14H15BrN2O3S2. The Bertz CT molecular complexity index is 776. The predicted molar refractivity (Wildman–Crippen MR) is 93.3 cm³/mol. The zero-order valence-electron chi connectivity index (χ0n) is 12.1. The Balaban J connectivity index is 2.06. The van der Waals surface area contributed by atoms with Crippen LogP contribution in [0.15, 0.2) is 27.7 Å². The predicted octanol–water partition coefficient (Wildman–Crippen LogP) is 2.38. The highest BCUT2D eigenvalue weighted by molar-refractivity contribution is 9.10. The second kappa shape index (κ2) is 5.65. The molecule has 0 aromatic heterocycles. The van der Waals surface area contributed by atoms with Crippen LogP contribution in [0.3, 0.4) is 0 Å². The van der Waals surface area contributed by atoms with Gasteiger partial charge in [-0.25, -0.2) is 8.42 Å². The summed E-state index contributed by atoms with van der Waals surface area (Å²) in [6.45, 7) is 3.38. The summed E-state index contributed by atoms with van der Waals surface area (Å²) in [5.74, 6) is -0.0220. The molecule has 1 amide bonds. The minimum absolute atomic E-state index is 0.0629. The standard InChI is InChI=1S/C14H15BrN2O3S2/c1-8-5-10(3-4-11(8)15)17-12-6-22(19,20)7-13(12)21-14(17)16-9(2)18/h3-5,12-13H,6-7H2,1-2H3. The summed E-state index contributed by atoms with van der Waals surface area (Å²) in [5, 5.41) is 0.533. The van der Waals surface area contributed by atoms with Gasteiger partial charge in [-0.3, -0.25) is 4.79 Å². The van der Waals surface area contributed by atoms with E-state index in [0.717, 1.165) is 15.7 Å². The lowest BCUT2D eigenvalue weighted by molar-refractivity contribution is -0.115. The molecule has 2 atom stereocenters. The molecule has 2 aliphatic rings. The fraction of sp³-hybridized carbons (Fsp3) is 0.429. The van der Waals surface area contributed by atoms with Crippen molar-refractivity contribution in [2.45, 2.75) is 25.1 Å². The van der Waals surface area contributed by atoms with E-state index in [1.165, 1.54) is 18.7 Å². The van der Waals surface area contributed by atoms with Gasteiger partial charge in [0.25, 0.3) is 0 Å². The monoisotopic (exact) mass is 402 g/mol. The summed E-state index contributed by atoms with van der Waals surface area (Å²) in [6, 6.07) is 5.67. The van der Waals surface area contributed by atoms with Crippen LogP contribution < -0.4 is 4.90 Å². The van der Waals surface area contributed by atoms with E-state index in [1.54, 1.807) is 0 Å². The third kappa shape index (κ3) is 2.96. The van der Waals surface area contributed by atoms with Gasteiger partial charge in [0, 0.05) is 22.3 Å². The molecule has 1 aromatic carbocycles. The Kier molecular flexibility index (Phi) is 4.11. The van der Waals surface area contributed by atoms with Crippen molar-refractivity contribution in [2.75, 3.05) is 16.4 Å². The minimum Gasteiger partial charge on any atom is -0.316 e. The number of thioether (sulfide) groups is 1. The first-order valence-corrected chi connectivity index (χ1v) is 10.3. The number of carbonyl (C=O) groups excluding carboxylic acids is 1. The van der Waals surface area contributed by atoms with Gasteiger partial charge in [0.15, 0.2) is 15.0 Å². The van der Waals surface area contributed by atoms with Gasteiger partial charge in [0.1, 0.15) is 0 Å². The summed E-state index contributed by atoms with van der Waals surface area (Å²) in [5.41, 5.74) is 1.92. The molecule has 0 spiro atoms. The van der Waals surface area contributed by atoms with E-state index in [-0.39, 0.29) is 28.7 Å². The first kappa shape index (κ1) is 16.0. The molecule has 1 aromatic rings. The SMILES string of the molecule is CC(=O)N=C1SC2CS(=O)(=O)CC2N1c1ccc(Br)c(C)c1. The average molecular weight is 403 g/mol. The normalized spacial score (nSPS) is 28.1. The number of anilines is 1. The molecule has 2 unspecified atom stereocenters. The van der Waals surface area contributed by atoms with Crippen molar-refractivity contribution < 1.29 is 13.2 Å². The Morgan fingerprint density at radius 3 is 2.77 bits per heavy atom. The van der Waals surface area contributed by atoms with Gasteiger partial charge in [0.05, 0.1) is 17.5 Å². The van der Waals surface area contributed by atoms with Crippen molar-refractivity contribution in [1.82, 2.24) is 0 Å². The maximum absolute atomic E-state index is 11.9. The topological polar surface area (TPSA) is 66.8 Å². The molecular weight excluding hydrogens is 388 g/mol. The Morgan fingerprint density at radius 2 is 2.14 bits per heavy atom. The maximum atomic E-state index is 11.9. The zero-order valence-corrected chi connectivity index (χ0v) is 15.3. The summed E-state index contributed by atoms with van der Waals surface area (Å²) < 4.78 is 24.8. The molecule has 2 aliphatic heterocycles. The average Bonchev–Trinajstić information content (AvgIpc) is 2.83. The highest BCUT2D eigenvalue weighted by Crippen LogP contribution is 2.41. The van der Waals surface area contributed by atoms with Crippen molar-refractivity contribution >= 4 is 54.3 Å². The molecule has 22 heavy (non-hydrogen) atoms. The number of fused-ring (bicyclic) bond motifs is 1. The molecule has 5 nitrogen and oxygen atoms in total. The fourth-order valence-electron chi connectivity index (χ4n) is 2.78. The number of rotatable bonds is 1. The number of hydrogen-bond donors (Lipinski definition) is 0. The van der Waals surface area contributed by atoms with E-state index < -0.39 is 9.84 Å². The molecule has 8 heteroatoms. The second-order valence-electron chi connectivity index (χ2n) is 5.52. The molecule has 2 heterocycles. The van der Waals surface area contributed by atoms with E-state index in [0.29, 0.717) is 5.17 Å². The lowest BCUT2D eigenvalue weighted by Crippen LogP contribution is -2.37. The number of aryl methyl sites for hydroxylation is 1. The van der Waals surface area contributed by atoms with Crippen molar-refractivity contribution in [2.24, 2.45) is 4.99 Å². The third-order valence-corrected chi connectivity index (χ3v) is 7.84. The third-order valence-electron chi connectivity index (χ3n) is 3.74. The molecule has 0 saturated carbocycles. The van der Waals surface area contributed by atoms with Gasteiger partial charge in [-0.1, -0.05) is 27.7 Å². The van der Waals surface area contributed by atoms with Crippen molar-refractivity contribution in [3.8, 4) is 0 Å². The molecule has 0 aliphatic carbocycles. The van der Waals surface area contributed by atoms with Gasteiger partial charge in [-0.2, -0.15) is 4.99 Å². The molecule has 3 rings (SSSR count). The molecule has 0 N–H and O–H groups in total. The van der Waals surface area contributed by atoms with Gasteiger partial charge in [-0.15, -0.1) is 0 Å². The zero-order chi connectivity index (χ0) is 16.1. The molecule has 0 radical (unpaired) electrons. The number of sulfone groups is 1. The van der Waals surface area contributed by atoms with E-state index in [2.05, 4.69) is 20.9 Å². The van der Waals surface area contributed by atoms with Crippen LogP contribution in [0.5, 0.6) is 0 Å². The Morgan fingerprint density at radius 1 is 1.41 bits per heavy atom. The number of hydrogen-bond acceptors (Lipinski definition) is 4. The van der Waals surface area contributed by atoms with Gasteiger partial charge >= 0.3 is 0 Å². The van der Waals surface area contributed by atoms with E-state index in [4.69, 9.17) is 0 Å². The number of amides is 1. The first-order chi connectivity index (χ1) is 10.3. The number of carbonyl (C=O) groups is 1. The number of halogens is 1. The summed E-state index contributed by atoms with van der Waals surface area (Å²) in [4.78, 5) is 17.4. The molecule has 0 bridgehead atoms. The van der Waals surface area contributed by atoms with Crippen LogP contribution in [0, 0.1) is 6.92 Å². The lowest BCUT2D eigenvalue weighted by Gasteiger charge is -2.25. The highest BCUT2D eigenvalue weighted by Gasteiger charge is 2.49. The van der Waals surface area contributed by atoms with Gasteiger partial charge in [-0.05, 0) is 30.7 Å². The van der Waals surface area contributed by atoms with Crippen LogP contribution in [-0.4, -0.2) is 42.3 Å². The van der Waals surface area contributed by atoms with Crippen LogP contribution >= 0.6 is 27.7 Å². The largest absolute Gasteiger partial charge is 0.316 e. The number of nitrogens with zero attached hydrogens (tertiary/aromatic N) is 2. The van der Waals surface area contributed by atoms with E-state index >= 15 is 0 Å². The highest BCUT2D eigenvalue weighted by atomic mass is 79.9. The van der Waals surface area contributed by atoms with Gasteiger partial charge < -0.3 is 4.90 Å². The second-order valence-corrected chi connectivity index (χ2v) is 9.73. The van der Waals surface area contributed by atoms with Crippen molar-refractivity contribution in [3.05, 3.63) is 28.2 Å². The van der Waals surface area contributed by atoms with Crippen LogP contribution in [0.4, 0.5) is 5.69 Å². The van der Waals surface area contributed by atoms with Crippen molar-refractivity contribution in [3.63, 3.8) is 0 Å². The quantitative estimate of drug-likeness (QED) is 0.721. The number of benzene rings is 1.